The highest BCUT2D eigenvalue weighted by atomic mass is 16.2. The zero-order chi connectivity index (χ0) is 11.4. The number of nitrogens with one attached hydrogen (secondary N) is 1. The Morgan fingerprint density at radius 3 is 2.73 bits per heavy atom. The number of hydrogen-bond acceptors (Lipinski definition) is 4. The SMILES string of the molecule is CNC(CC(C)C)C(=O)n1ccc(N)n1. The lowest BCUT2D eigenvalue weighted by atomic mass is 10.0. The van der Waals surface area contributed by atoms with Gasteiger partial charge in [0.25, 0.3) is 5.91 Å². The van der Waals surface area contributed by atoms with E-state index in [1.54, 1.807) is 19.3 Å². The first-order chi connectivity index (χ1) is 7.04. The highest BCUT2D eigenvalue weighted by Gasteiger charge is 2.19. The number of likely N-dealkylation sites (N-methyl/N-ethyl adjacent to an activating group) is 1. The maximum absolute atomic E-state index is 11.9. The van der Waals surface area contributed by atoms with E-state index in [-0.39, 0.29) is 11.9 Å². The minimum Gasteiger partial charge on any atom is -0.382 e. The van der Waals surface area contributed by atoms with Crippen molar-refractivity contribution in [3.8, 4) is 0 Å². The number of nitrogen functional groups attached to an aromatic ring is 1. The van der Waals surface area contributed by atoms with Gasteiger partial charge in [0.1, 0.15) is 5.82 Å². The van der Waals surface area contributed by atoms with Crippen LogP contribution in [0.1, 0.15) is 25.1 Å². The van der Waals surface area contributed by atoms with Gasteiger partial charge in [-0.15, -0.1) is 5.10 Å². The van der Waals surface area contributed by atoms with Crippen LogP contribution in [-0.4, -0.2) is 28.8 Å². The fraction of sp³-hybridized carbons (Fsp3) is 0.600. The molecule has 5 nitrogen and oxygen atoms in total. The molecular formula is C10H18N4O. The molecule has 1 aromatic heterocycles. The Kier molecular flexibility index (Phi) is 3.85. The van der Waals surface area contributed by atoms with Crippen LogP contribution in [0.3, 0.4) is 0 Å². The Labute approximate surface area is 89.6 Å². The molecule has 0 saturated heterocycles. The number of rotatable bonds is 4. The van der Waals surface area contributed by atoms with E-state index in [4.69, 9.17) is 5.73 Å². The van der Waals surface area contributed by atoms with E-state index >= 15 is 0 Å². The average Bonchev–Trinajstić information content (AvgIpc) is 2.60. The molecule has 84 valence electrons. The Morgan fingerprint density at radius 2 is 2.33 bits per heavy atom. The normalized spacial score (nSPS) is 13.1. The van der Waals surface area contributed by atoms with Crippen molar-refractivity contribution in [3.05, 3.63) is 12.3 Å². The van der Waals surface area contributed by atoms with Crippen molar-refractivity contribution < 1.29 is 4.79 Å². The summed E-state index contributed by atoms with van der Waals surface area (Å²) in [5.41, 5.74) is 5.45. The summed E-state index contributed by atoms with van der Waals surface area (Å²) in [7, 11) is 1.78. The van der Waals surface area contributed by atoms with Crippen molar-refractivity contribution in [3.63, 3.8) is 0 Å². The van der Waals surface area contributed by atoms with Crippen LogP contribution in [0.15, 0.2) is 12.3 Å². The Morgan fingerprint density at radius 1 is 1.67 bits per heavy atom. The van der Waals surface area contributed by atoms with Crippen LogP contribution in [0.2, 0.25) is 0 Å². The number of aromatic nitrogens is 2. The summed E-state index contributed by atoms with van der Waals surface area (Å²) in [6.07, 6.45) is 2.37. The number of anilines is 1. The standard InChI is InChI=1S/C10H18N4O/c1-7(2)6-8(12-3)10(15)14-5-4-9(11)13-14/h4-5,7-8,12H,6H2,1-3H3,(H2,11,13). The van der Waals surface area contributed by atoms with E-state index in [2.05, 4.69) is 24.3 Å². The highest BCUT2D eigenvalue weighted by Crippen LogP contribution is 2.07. The van der Waals surface area contributed by atoms with Gasteiger partial charge in [-0.3, -0.25) is 4.79 Å². The van der Waals surface area contributed by atoms with Gasteiger partial charge < -0.3 is 11.1 Å². The van der Waals surface area contributed by atoms with Crippen LogP contribution in [0, 0.1) is 5.92 Å². The molecule has 0 aliphatic heterocycles. The van der Waals surface area contributed by atoms with Gasteiger partial charge >= 0.3 is 0 Å². The lowest BCUT2D eigenvalue weighted by Gasteiger charge is -2.16. The van der Waals surface area contributed by atoms with E-state index in [9.17, 15) is 4.79 Å². The summed E-state index contributed by atoms with van der Waals surface area (Å²) < 4.78 is 1.29. The number of carbonyl (C=O) groups is 1. The molecule has 0 aromatic carbocycles. The van der Waals surface area contributed by atoms with Gasteiger partial charge in [0.2, 0.25) is 0 Å². The van der Waals surface area contributed by atoms with Crippen LogP contribution in [0.4, 0.5) is 5.82 Å². The molecule has 1 heterocycles. The molecule has 1 rings (SSSR count). The predicted octanol–water partition coefficient (Wildman–Crippen LogP) is 0.740. The lowest BCUT2D eigenvalue weighted by Crippen LogP contribution is -2.38. The number of nitrogens with zero attached hydrogens (tertiary/aromatic N) is 2. The zero-order valence-corrected chi connectivity index (χ0v) is 9.40. The van der Waals surface area contributed by atoms with Crippen LogP contribution >= 0.6 is 0 Å². The maximum Gasteiger partial charge on any atom is 0.264 e. The predicted molar refractivity (Wildman–Crippen MR) is 59.6 cm³/mol. The number of nitrogens with two attached hydrogens (primary N) is 1. The highest BCUT2D eigenvalue weighted by molar-refractivity contribution is 5.83. The van der Waals surface area contributed by atoms with E-state index < -0.39 is 0 Å². The van der Waals surface area contributed by atoms with Crippen LogP contribution in [-0.2, 0) is 0 Å². The summed E-state index contributed by atoms with van der Waals surface area (Å²) in [5, 5.41) is 6.88. The van der Waals surface area contributed by atoms with E-state index in [0.717, 1.165) is 6.42 Å². The van der Waals surface area contributed by atoms with Gasteiger partial charge in [0, 0.05) is 12.3 Å². The molecule has 0 bridgehead atoms. The molecule has 1 atom stereocenters. The largest absolute Gasteiger partial charge is 0.382 e. The number of carbonyl (C=O) groups excluding carboxylic acids is 1. The smallest absolute Gasteiger partial charge is 0.264 e. The molecule has 0 aliphatic carbocycles. The summed E-state index contributed by atoms with van der Waals surface area (Å²) in [6.45, 7) is 4.16. The minimum atomic E-state index is -0.204. The fourth-order valence-electron chi connectivity index (χ4n) is 1.43. The first-order valence-electron chi connectivity index (χ1n) is 5.07. The van der Waals surface area contributed by atoms with Crippen LogP contribution < -0.4 is 11.1 Å². The Balaban J connectivity index is 2.73. The molecule has 0 saturated carbocycles. The maximum atomic E-state index is 11.9. The average molecular weight is 210 g/mol. The molecule has 1 unspecified atom stereocenters. The summed E-state index contributed by atoms with van der Waals surface area (Å²) in [6, 6.07) is 1.41. The molecule has 0 spiro atoms. The van der Waals surface area contributed by atoms with Crippen molar-refractivity contribution in [2.75, 3.05) is 12.8 Å². The van der Waals surface area contributed by atoms with Gasteiger partial charge in [0.05, 0.1) is 6.04 Å². The first kappa shape index (κ1) is 11.7. The minimum absolute atomic E-state index is 0.0668. The van der Waals surface area contributed by atoms with Gasteiger partial charge in [-0.1, -0.05) is 13.8 Å². The quantitative estimate of drug-likeness (QED) is 0.768. The van der Waals surface area contributed by atoms with Crippen LogP contribution in [0.5, 0.6) is 0 Å². The second kappa shape index (κ2) is 4.93. The molecule has 0 aliphatic rings. The third-order valence-corrected chi connectivity index (χ3v) is 2.19. The topological polar surface area (TPSA) is 72.9 Å². The lowest BCUT2D eigenvalue weighted by molar-refractivity contribution is 0.0835. The number of hydrogen-bond donors (Lipinski definition) is 2. The van der Waals surface area contributed by atoms with Crippen molar-refractivity contribution in [1.82, 2.24) is 15.1 Å². The second-order valence-electron chi connectivity index (χ2n) is 3.99. The molecular weight excluding hydrogens is 192 g/mol. The Bertz CT molecular complexity index is 332. The Hall–Kier alpha value is -1.36. The van der Waals surface area contributed by atoms with E-state index in [0.29, 0.717) is 11.7 Å². The van der Waals surface area contributed by atoms with Gasteiger partial charge in [0.15, 0.2) is 0 Å². The third-order valence-electron chi connectivity index (χ3n) is 2.19. The van der Waals surface area contributed by atoms with Gasteiger partial charge in [-0.2, -0.15) is 0 Å². The van der Waals surface area contributed by atoms with Crippen molar-refractivity contribution >= 4 is 11.7 Å². The molecule has 1 aromatic rings. The summed E-state index contributed by atoms with van der Waals surface area (Å²) >= 11 is 0. The van der Waals surface area contributed by atoms with E-state index in [1.807, 2.05) is 0 Å². The summed E-state index contributed by atoms with van der Waals surface area (Å²) in [4.78, 5) is 11.9. The van der Waals surface area contributed by atoms with Crippen molar-refractivity contribution in [1.29, 1.82) is 0 Å². The zero-order valence-electron chi connectivity index (χ0n) is 9.40. The van der Waals surface area contributed by atoms with E-state index in [1.165, 1.54) is 4.68 Å². The van der Waals surface area contributed by atoms with Crippen molar-refractivity contribution in [2.24, 2.45) is 5.92 Å². The first-order valence-corrected chi connectivity index (χ1v) is 5.07. The summed E-state index contributed by atoms with van der Waals surface area (Å²) in [5.74, 6) is 0.755. The van der Waals surface area contributed by atoms with Gasteiger partial charge in [-0.05, 0) is 19.4 Å². The fourth-order valence-corrected chi connectivity index (χ4v) is 1.43. The third kappa shape index (κ3) is 3.06. The monoisotopic (exact) mass is 210 g/mol. The van der Waals surface area contributed by atoms with Gasteiger partial charge in [-0.25, -0.2) is 4.68 Å². The molecule has 5 heteroatoms. The molecule has 0 radical (unpaired) electrons. The molecule has 15 heavy (non-hydrogen) atoms. The van der Waals surface area contributed by atoms with Crippen LogP contribution in [0.25, 0.3) is 0 Å². The molecule has 3 N–H and O–H groups in total. The second-order valence-corrected chi connectivity index (χ2v) is 3.99. The molecule has 0 amide bonds. The molecule has 0 fully saturated rings. The van der Waals surface area contributed by atoms with Crippen molar-refractivity contribution in [2.45, 2.75) is 26.3 Å².